The predicted molar refractivity (Wildman–Crippen MR) is 68.3 cm³/mol. The average Bonchev–Trinajstić information content (AvgIpc) is 2.40. The number of nitrogens with zero attached hydrogens (tertiary/aromatic N) is 1. The molecule has 1 unspecified atom stereocenters. The maximum absolute atomic E-state index is 5.83. The molecule has 0 radical (unpaired) electrons. The molecule has 0 aromatic heterocycles. The minimum absolute atomic E-state index is 0.283. The normalized spacial score (nSPS) is 28.4. The summed E-state index contributed by atoms with van der Waals surface area (Å²) in [6, 6.07) is 0. The number of hydrogen-bond donors (Lipinski definition) is 1. The van der Waals surface area contributed by atoms with Crippen LogP contribution in [0.25, 0.3) is 0 Å². The zero-order chi connectivity index (χ0) is 11.9. The molecule has 4 nitrogen and oxygen atoms in total. The topological polar surface area (TPSA) is 33.7 Å². The van der Waals surface area contributed by atoms with E-state index in [4.69, 9.17) is 9.47 Å². The first-order chi connectivity index (χ1) is 8.38. The van der Waals surface area contributed by atoms with Gasteiger partial charge in [-0.1, -0.05) is 6.92 Å². The Kier molecular flexibility index (Phi) is 5.71. The summed E-state index contributed by atoms with van der Waals surface area (Å²) in [5.41, 5.74) is 0. The number of likely N-dealkylation sites (N-methyl/N-ethyl adjacent to an activating group) is 1. The Bertz CT molecular complexity index is 208. The van der Waals surface area contributed by atoms with E-state index in [1.54, 1.807) is 0 Å². The van der Waals surface area contributed by atoms with Crippen LogP contribution >= 0.6 is 0 Å². The molecular weight excluding hydrogens is 216 g/mol. The smallest absolute Gasteiger partial charge is 0.0935 e. The number of hydrogen-bond acceptors (Lipinski definition) is 4. The van der Waals surface area contributed by atoms with E-state index in [0.717, 1.165) is 58.5 Å². The van der Waals surface area contributed by atoms with Gasteiger partial charge in [-0.25, -0.2) is 0 Å². The van der Waals surface area contributed by atoms with E-state index in [9.17, 15) is 0 Å². The van der Waals surface area contributed by atoms with Crippen LogP contribution in [0.5, 0.6) is 0 Å². The molecule has 2 aliphatic heterocycles. The minimum Gasteiger partial charge on any atom is -0.378 e. The molecule has 0 saturated carbocycles. The van der Waals surface area contributed by atoms with E-state index in [1.807, 2.05) is 0 Å². The predicted octanol–water partition coefficient (Wildman–Crippen LogP) is 0.723. The lowest BCUT2D eigenvalue weighted by Gasteiger charge is -2.32. The van der Waals surface area contributed by atoms with Gasteiger partial charge in [-0.15, -0.1) is 0 Å². The summed E-state index contributed by atoms with van der Waals surface area (Å²) in [6.07, 6.45) is 2.80. The highest BCUT2D eigenvalue weighted by Crippen LogP contribution is 2.12. The molecule has 1 N–H and O–H groups in total. The maximum Gasteiger partial charge on any atom is 0.0935 e. The van der Waals surface area contributed by atoms with E-state index in [2.05, 4.69) is 17.1 Å². The quantitative estimate of drug-likeness (QED) is 0.770. The van der Waals surface area contributed by atoms with Gasteiger partial charge in [0.1, 0.15) is 0 Å². The van der Waals surface area contributed by atoms with Gasteiger partial charge >= 0.3 is 0 Å². The van der Waals surface area contributed by atoms with Gasteiger partial charge in [-0.3, -0.25) is 4.90 Å². The molecule has 2 fully saturated rings. The summed E-state index contributed by atoms with van der Waals surface area (Å²) < 4.78 is 11.5. The van der Waals surface area contributed by atoms with Crippen LogP contribution in [0.3, 0.4) is 0 Å². The van der Waals surface area contributed by atoms with Gasteiger partial charge in [-0.2, -0.15) is 0 Å². The first-order valence-corrected chi connectivity index (χ1v) is 7.01. The van der Waals surface area contributed by atoms with E-state index in [-0.39, 0.29) is 6.10 Å². The molecule has 100 valence electrons. The molecule has 17 heavy (non-hydrogen) atoms. The first-order valence-electron chi connectivity index (χ1n) is 7.01. The third-order valence-corrected chi connectivity index (χ3v) is 3.79. The molecule has 0 aromatic carbocycles. The van der Waals surface area contributed by atoms with Crippen molar-refractivity contribution in [1.29, 1.82) is 0 Å². The van der Waals surface area contributed by atoms with Crippen molar-refractivity contribution in [1.82, 2.24) is 10.2 Å². The molecule has 2 rings (SSSR count). The number of rotatable bonds is 5. The van der Waals surface area contributed by atoms with Crippen LogP contribution in [0.4, 0.5) is 0 Å². The Labute approximate surface area is 105 Å². The van der Waals surface area contributed by atoms with Gasteiger partial charge in [0.25, 0.3) is 0 Å². The fourth-order valence-corrected chi connectivity index (χ4v) is 2.58. The van der Waals surface area contributed by atoms with Gasteiger partial charge in [0.15, 0.2) is 0 Å². The molecule has 1 atom stereocenters. The molecule has 0 spiro atoms. The monoisotopic (exact) mass is 242 g/mol. The Morgan fingerprint density at radius 3 is 2.88 bits per heavy atom. The maximum atomic E-state index is 5.83. The lowest BCUT2D eigenvalue weighted by Crippen LogP contribution is -2.44. The summed E-state index contributed by atoms with van der Waals surface area (Å²) in [4.78, 5) is 2.43. The lowest BCUT2D eigenvalue weighted by molar-refractivity contribution is -0.0731. The van der Waals surface area contributed by atoms with Gasteiger partial charge < -0.3 is 14.8 Å². The Balaban J connectivity index is 1.57. The third kappa shape index (κ3) is 4.54. The average molecular weight is 242 g/mol. The number of morpholine rings is 1. The molecular formula is C13H26N2O2. The van der Waals surface area contributed by atoms with Crippen LogP contribution in [-0.4, -0.2) is 63.5 Å². The van der Waals surface area contributed by atoms with Crippen molar-refractivity contribution in [2.24, 2.45) is 5.92 Å². The SMILES string of the molecule is CCN1CCOC(COCC2CCNCC2)C1. The van der Waals surface area contributed by atoms with Gasteiger partial charge in [-0.05, 0) is 38.4 Å². The van der Waals surface area contributed by atoms with Crippen LogP contribution in [0.2, 0.25) is 0 Å². The highest BCUT2D eigenvalue weighted by Gasteiger charge is 2.20. The van der Waals surface area contributed by atoms with Gasteiger partial charge in [0.2, 0.25) is 0 Å². The number of nitrogens with one attached hydrogen (secondary N) is 1. The summed E-state index contributed by atoms with van der Waals surface area (Å²) >= 11 is 0. The van der Waals surface area contributed by atoms with Gasteiger partial charge in [0.05, 0.1) is 19.3 Å². The van der Waals surface area contributed by atoms with Crippen LogP contribution in [0.15, 0.2) is 0 Å². The Morgan fingerprint density at radius 2 is 2.12 bits per heavy atom. The second-order valence-electron chi connectivity index (χ2n) is 5.12. The first kappa shape index (κ1) is 13.3. The van der Waals surface area contributed by atoms with Crippen LogP contribution < -0.4 is 5.32 Å². The Hall–Kier alpha value is -0.160. The molecule has 0 bridgehead atoms. The van der Waals surface area contributed by atoms with E-state index >= 15 is 0 Å². The minimum atomic E-state index is 0.283. The molecule has 2 heterocycles. The summed E-state index contributed by atoms with van der Waals surface area (Å²) in [5, 5.41) is 3.38. The van der Waals surface area contributed by atoms with Crippen molar-refractivity contribution in [2.75, 3.05) is 52.5 Å². The number of piperidine rings is 1. The molecule has 2 aliphatic rings. The molecule has 4 heteroatoms. The summed E-state index contributed by atoms with van der Waals surface area (Å²) in [7, 11) is 0. The standard InChI is InChI=1S/C13H26N2O2/c1-2-15-7-8-17-13(9-15)11-16-10-12-3-5-14-6-4-12/h12-14H,2-11H2,1H3. The highest BCUT2D eigenvalue weighted by atomic mass is 16.5. The molecule has 0 aromatic rings. The fourth-order valence-electron chi connectivity index (χ4n) is 2.58. The van der Waals surface area contributed by atoms with Crippen molar-refractivity contribution in [3.05, 3.63) is 0 Å². The van der Waals surface area contributed by atoms with Gasteiger partial charge in [0, 0.05) is 19.7 Å². The van der Waals surface area contributed by atoms with Crippen LogP contribution in [-0.2, 0) is 9.47 Å². The summed E-state index contributed by atoms with van der Waals surface area (Å²) in [5.74, 6) is 0.752. The largest absolute Gasteiger partial charge is 0.378 e. The number of ether oxygens (including phenoxy) is 2. The third-order valence-electron chi connectivity index (χ3n) is 3.79. The highest BCUT2D eigenvalue weighted by molar-refractivity contribution is 4.71. The molecule has 2 saturated heterocycles. The van der Waals surface area contributed by atoms with Crippen molar-refractivity contribution in [3.63, 3.8) is 0 Å². The zero-order valence-corrected chi connectivity index (χ0v) is 11.0. The second kappa shape index (κ2) is 7.31. The van der Waals surface area contributed by atoms with Crippen molar-refractivity contribution in [3.8, 4) is 0 Å². The van der Waals surface area contributed by atoms with Crippen molar-refractivity contribution < 1.29 is 9.47 Å². The van der Waals surface area contributed by atoms with E-state index in [0.29, 0.717) is 0 Å². The Morgan fingerprint density at radius 1 is 1.29 bits per heavy atom. The molecule has 0 amide bonds. The molecule has 0 aliphatic carbocycles. The van der Waals surface area contributed by atoms with Crippen molar-refractivity contribution >= 4 is 0 Å². The van der Waals surface area contributed by atoms with Crippen LogP contribution in [0, 0.1) is 5.92 Å². The lowest BCUT2D eigenvalue weighted by atomic mass is 9.99. The summed E-state index contributed by atoms with van der Waals surface area (Å²) in [6.45, 7) is 10.3. The second-order valence-corrected chi connectivity index (χ2v) is 5.12. The zero-order valence-electron chi connectivity index (χ0n) is 11.0. The van der Waals surface area contributed by atoms with E-state index < -0.39 is 0 Å². The fraction of sp³-hybridized carbons (Fsp3) is 1.00. The van der Waals surface area contributed by atoms with Crippen LogP contribution in [0.1, 0.15) is 19.8 Å². The van der Waals surface area contributed by atoms with Crippen molar-refractivity contribution in [2.45, 2.75) is 25.9 Å². The van der Waals surface area contributed by atoms with E-state index in [1.165, 1.54) is 12.8 Å².